The van der Waals surface area contributed by atoms with Crippen LogP contribution in [-0.2, 0) is 4.79 Å². The van der Waals surface area contributed by atoms with E-state index in [-0.39, 0.29) is 11.3 Å². The van der Waals surface area contributed by atoms with E-state index in [1.807, 2.05) is 19.0 Å². The molecule has 0 radical (unpaired) electrons. The second-order valence-corrected chi connectivity index (χ2v) is 7.13. The minimum atomic E-state index is -1.17. The summed E-state index contributed by atoms with van der Waals surface area (Å²) in [7, 11) is 6.88. The number of carboxylic acid groups (broad SMARTS) is 1. The number of nitrogens with zero attached hydrogens (tertiary/aromatic N) is 1. The Morgan fingerprint density at radius 3 is 2.48 bits per heavy atom. The highest BCUT2D eigenvalue weighted by atomic mass is 35.5. The largest absolute Gasteiger partial charge is 0.493 e. The molecule has 9 heteroatoms. The molecule has 0 heterocycles. The highest BCUT2D eigenvalue weighted by Crippen LogP contribution is 2.40. The molecule has 0 aliphatic heterocycles. The van der Waals surface area contributed by atoms with Gasteiger partial charge in [-0.2, -0.15) is 0 Å². The summed E-state index contributed by atoms with van der Waals surface area (Å²) in [5.41, 5.74) is 0.630. The molecular formula is C22H25ClN2O6. The molecule has 0 aliphatic carbocycles. The van der Waals surface area contributed by atoms with Crippen LogP contribution in [0, 0.1) is 0 Å². The van der Waals surface area contributed by atoms with Crippen LogP contribution in [0.4, 0.5) is 5.69 Å². The number of rotatable bonds is 10. The number of anilines is 1. The fourth-order valence-electron chi connectivity index (χ4n) is 2.67. The Morgan fingerprint density at radius 1 is 1.13 bits per heavy atom. The summed E-state index contributed by atoms with van der Waals surface area (Å²) in [6, 6.07) is 7.59. The smallest absolute Gasteiger partial charge is 0.337 e. The lowest BCUT2D eigenvalue weighted by molar-refractivity contribution is -0.111. The number of hydrogen-bond donors (Lipinski definition) is 2. The second-order valence-electron chi connectivity index (χ2n) is 6.69. The molecule has 0 aliphatic rings. The third-order valence-corrected chi connectivity index (χ3v) is 4.43. The van der Waals surface area contributed by atoms with Gasteiger partial charge in [-0.25, -0.2) is 4.79 Å². The van der Waals surface area contributed by atoms with E-state index < -0.39 is 11.9 Å². The van der Waals surface area contributed by atoms with Crippen molar-refractivity contribution < 1.29 is 28.9 Å². The third-order valence-electron chi connectivity index (χ3n) is 4.20. The van der Waals surface area contributed by atoms with E-state index in [9.17, 15) is 14.7 Å². The lowest BCUT2D eigenvalue weighted by atomic mass is 10.1. The molecule has 0 spiro atoms. The Bertz CT molecular complexity index is 975. The number of methoxy groups -OCH3 is 2. The Kier molecular flexibility index (Phi) is 8.72. The number of nitrogens with one attached hydrogen (secondary N) is 1. The molecule has 0 fully saturated rings. The third kappa shape index (κ3) is 6.63. The molecule has 1 amide bonds. The van der Waals surface area contributed by atoms with Crippen LogP contribution in [0.2, 0.25) is 5.02 Å². The van der Waals surface area contributed by atoms with Crippen LogP contribution in [0.1, 0.15) is 15.9 Å². The Labute approximate surface area is 186 Å². The van der Waals surface area contributed by atoms with Gasteiger partial charge in [-0.15, -0.1) is 0 Å². The number of aromatic carboxylic acids is 1. The minimum Gasteiger partial charge on any atom is -0.493 e. The zero-order chi connectivity index (χ0) is 23.0. The van der Waals surface area contributed by atoms with Crippen molar-refractivity contribution in [3.8, 4) is 17.2 Å². The van der Waals surface area contributed by atoms with Crippen LogP contribution in [0.5, 0.6) is 17.2 Å². The fraction of sp³-hybridized carbons (Fsp3) is 0.273. The SMILES string of the molecule is COc1ccc(/C=C/C(=O)Nc2cc(Cl)ccc2C(=O)O)c(OCCN(C)C)c1OC. The molecule has 2 N–H and O–H groups in total. The molecule has 0 atom stereocenters. The zero-order valence-electron chi connectivity index (χ0n) is 17.8. The quantitative estimate of drug-likeness (QED) is 0.535. The number of carbonyl (C=O) groups excluding carboxylic acids is 1. The molecule has 2 aromatic carbocycles. The van der Waals surface area contributed by atoms with Crippen molar-refractivity contribution in [2.24, 2.45) is 0 Å². The Morgan fingerprint density at radius 2 is 1.87 bits per heavy atom. The van der Waals surface area contributed by atoms with E-state index in [0.717, 1.165) is 0 Å². The van der Waals surface area contributed by atoms with E-state index in [0.29, 0.717) is 41.0 Å². The van der Waals surface area contributed by atoms with Gasteiger partial charge in [-0.05, 0) is 50.5 Å². The molecule has 0 bridgehead atoms. The Balaban J connectivity index is 2.29. The van der Waals surface area contributed by atoms with Crippen molar-refractivity contribution in [2.75, 3.05) is 46.8 Å². The summed E-state index contributed by atoms with van der Waals surface area (Å²) in [5.74, 6) is -0.367. The van der Waals surface area contributed by atoms with Crippen LogP contribution >= 0.6 is 11.6 Å². The maximum atomic E-state index is 12.4. The topological polar surface area (TPSA) is 97.3 Å². The molecule has 2 rings (SSSR count). The van der Waals surface area contributed by atoms with Gasteiger partial charge < -0.3 is 29.5 Å². The van der Waals surface area contributed by atoms with Crippen molar-refractivity contribution in [3.63, 3.8) is 0 Å². The highest BCUT2D eigenvalue weighted by Gasteiger charge is 2.16. The second kappa shape index (κ2) is 11.2. The van der Waals surface area contributed by atoms with Crippen LogP contribution in [-0.4, -0.2) is 63.3 Å². The molecule has 0 saturated heterocycles. The average Bonchev–Trinajstić information content (AvgIpc) is 2.71. The number of carbonyl (C=O) groups is 2. The lowest BCUT2D eigenvalue weighted by Gasteiger charge is -2.17. The summed E-state index contributed by atoms with van der Waals surface area (Å²) >= 11 is 5.92. The summed E-state index contributed by atoms with van der Waals surface area (Å²) in [6.45, 7) is 1.07. The van der Waals surface area contributed by atoms with Crippen molar-refractivity contribution in [1.29, 1.82) is 0 Å². The maximum absolute atomic E-state index is 12.4. The first kappa shape index (κ1) is 24.0. The molecule has 166 valence electrons. The number of halogens is 1. The lowest BCUT2D eigenvalue weighted by Crippen LogP contribution is -2.19. The number of likely N-dealkylation sites (N-methyl/N-ethyl adjacent to an activating group) is 1. The van der Waals surface area contributed by atoms with E-state index in [2.05, 4.69) is 5.32 Å². The molecule has 31 heavy (non-hydrogen) atoms. The normalized spacial score (nSPS) is 10.9. The van der Waals surface area contributed by atoms with Crippen molar-refractivity contribution in [3.05, 3.63) is 52.6 Å². The first-order valence-electron chi connectivity index (χ1n) is 9.31. The van der Waals surface area contributed by atoms with Crippen LogP contribution in [0.25, 0.3) is 6.08 Å². The van der Waals surface area contributed by atoms with Gasteiger partial charge in [0.05, 0.1) is 25.5 Å². The molecule has 8 nitrogen and oxygen atoms in total. The van der Waals surface area contributed by atoms with Gasteiger partial charge in [-0.1, -0.05) is 11.6 Å². The molecule has 0 aromatic heterocycles. The molecule has 0 saturated carbocycles. The number of benzene rings is 2. The van der Waals surface area contributed by atoms with Crippen LogP contribution < -0.4 is 19.5 Å². The predicted molar refractivity (Wildman–Crippen MR) is 120 cm³/mol. The number of ether oxygens (including phenoxy) is 3. The van der Waals surface area contributed by atoms with Gasteiger partial charge in [0.15, 0.2) is 11.5 Å². The number of amides is 1. The monoisotopic (exact) mass is 448 g/mol. The van der Waals surface area contributed by atoms with Gasteiger partial charge in [0.1, 0.15) is 6.61 Å². The fourth-order valence-corrected chi connectivity index (χ4v) is 2.84. The highest BCUT2D eigenvalue weighted by molar-refractivity contribution is 6.31. The van der Waals surface area contributed by atoms with Gasteiger partial charge >= 0.3 is 5.97 Å². The van der Waals surface area contributed by atoms with E-state index in [4.69, 9.17) is 25.8 Å². The molecule has 2 aromatic rings. The standard InChI is InChI=1S/C22H25ClN2O6/c1-25(2)11-12-31-20-14(5-9-18(29-3)21(20)30-4)6-10-19(26)24-17-13-15(23)7-8-16(17)22(27)28/h5-10,13H,11-12H2,1-4H3,(H,24,26)(H,27,28)/b10-6+. The molecule has 0 unspecified atom stereocenters. The maximum Gasteiger partial charge on any atom is 0.337 e. The first-order chi connectivity index (χ1) is 14.8. The summed E-state index contributed by atoms with van der Waals surface area (Å²) < 4.78 is 16.7. The Hall–Kier alpha value is -3.23. The predicted octanol–water partition coefficient (Wildman–Crippen LogP) is 3.65. The number of carboxylic acids is 1. The van der Waals surface area contributed by atoms with Gasteiger partial charge in [0, 0.05) is 23.2 Å². The molecular weight excluding hydrogens is 424 g/mol. The summed E-state index contributed by atoms with van der Waals surface area (Å²) in [4.78, 5) is 25.8. The van der Waals surface area contributed by atoms with Gasteiger partial charge in [-0.3, -0.25) is 4.79 Å². The van der Waals surface area contributed by atoms with Crippen molar-refractivity contribution >= 4 is 35.2 Å². The first-order valence-corrected chi connectivity index (χ1v) is 9.69. The van der Waals surface area contributed by atoms with E-state index in [1.54, 1.807) is 18.2 Å². The number of hydrogen-bond acceptors (Lipinski definition) is 6. The van der Waals surface area contributed by atoms with Crippen LogP contribution in [0.3, 0.4) is 0 Å². The van der Waals surface area contributed by atoms with E-state index in [1.165, 1.54) is 38.5 Å². The van der Waals surface area contributed by atoms with Crippen LogP contribution in [0.15, 0.2) is 36.4 Å². The van der Waals surface area contributed by atoms with E-state index >= 15 is 0 Å². The summed E-state index contributed by atoms with van der Waals surface area (Å²) in [6.07, 6.45) is 2.82. The van der Waals surface area contributed by atoms with Crippen molar-refractivity contribution in [2.45, 2.75) is 0 Å². The minimum absolute atomic E-state index is 0.0648. The van der Waals surface area contributed by atoms with Gasteiger partial charge in [0.25, 0.3) is 0 Å². The van der Waals surface area contributed by atoms with Gasteiger partial charge in [0.2, 0.25) is 11.7 Å². The zero-order valence-corrected chi connectivity index (χ0v) is 18.5. The average molecular weight is 449 g/mol. The van der Waals surface area contributed by atoms with Crippen molar-refractivity contribution in [1.82, 2.24) is 4.90 Å². The summed E-state index contributed by atoms with van der Waals surface area (Å²) in [5, 5.41) is 12.1.